The highest BCUT2D eigenvalue weighted by Gasteiger charge is 2.41. The van der Waals surface area contributed by atoms with E-state index in [0.29, 0.717) is 0 Å². The summed E-state index contributed by atoms with van der Waals surface area (Å²) in [5.74, 6) is 0. The summed E-state index contributed by atoms with van der Waals surface area (Å²) < 4.78 is 0. The van der Waals surface area contributed by atoms with Crippen LogP contribution in [0.2, 0.25) is 0 Å². The van der Waals surface area contributed by atoms with Gasteiger partial charge in [0.2, 0.25) is 0 Å². The van der Waals surface area contributed by atoms with Gasteiger partial charge in [-0.3, -0.25) is 0 Å². The molecular formula is C60H45NSi. The zero-order chi connectivity index (χ0) is 41.6. The minimum absolute atomic E-state index is 1.10. The van der Waals surface area contributed by atoms with E-state index >= 15 is 0 Å². The summed E-state index contributed by atoms with van der Waals surface area (Å²) in [6.45, 7) is 0. The lowest BCUT2D eigenvalue weighted by Gasteiger charge is -2.34. The number of hydrogen-bond donors (Lipinski definition) is 0. The fourth-order valence-corrected chi connectivity index (χ4v) is 13.9. The van der Waals surface area contributed by atoms with Crippen molar-refractivity contribution in [1.82, 2.24) is 0 Å². The molecule has 0 heterocycles. The van der Waals surface area contributed by atoms with Gasteiger partial charge in [-0.25, -0.2) is 0 Å². The van der Waals surface area contributed by atoms with E-state index in [1.54, 1.807) is 0 Å². The molecule has 0 amide bonds. The van der Waals surface area contributed by atoms with Crippen LogP contribution >= 0.6 is 0 Å². The van der Waals surface area contributed by atoms with E-state index in [2.05, 4.69) is 278 Å². The topological polar surface area (TPSA) is 3.24 Å². The Bertz CT molecular complexity index is 2840. The first kappa shape index (κ1) is 38.4. The average Bonchev–Trinajstić information content (AvgIpc) is 3.37. The fourth-order valence-electron chi connectivity index (χ4n) is 9.16. The van der Waals surface area contributed by atoms with Crippen molar-refractivity contribution < 1.29 is 0 Å². The maximum Gasteiger partial charge on any atom is 0.179 e. The first-order valence-corrected chi connectivity index (χ1v) is 23.3. The molecule has 0 atom stereocenters. The largest absolute Gasteiger partial charge is 0.311 e. The van der Waals surface area contributed by atoms with E-state index in [-0.39, 0.29) is 0 Å². The van der Waals surface area contributed by atoms with Crippen molar-refractivity contribution in [3.05, 3.63) is 273 Å². The molecule has 1 nitrogen and oxygen atoms in total. The van der Waals surface area contributed by atoms with E-state index in [0.717, 1.165) is 17.1 Å². The fraction of sp³-hybridized carbons (Fsp3) is 0. The first-order valence-electron chi connectivity index (χ1n) is 21.3. The SMILES string of the molecule is c1ccc(-c2cccc(-c3ccccc3)c2-c2ccc(N(c3ccccc3)c3ccc(-c4ccc([Si](c5ccccc5)(c5ccccc5)c5ccccc5)cc4)cc3)cc2)cc1. The molecule has 294 valence electrons. The van der Waals surface area contributed by atoms with Crippen molar-refractivity contribution in [3.8, 4) is 44.5 Å². The predicted octanol–water partition coefficient (Wildman–Crippen LogP) is 13.2. The molecule has 0 aliphatic carbocycles. The van der Waals surface area contributed by atoms with Gasteiger partial charge in [-0.1, -0.05) is 237 Å². The Morgan fingerprint density at radius 1 is 0.210 bits per heavy atom. The van der Waals surface area contributed by atoms with Gasteiger partial charge in [-0.15, -0.1) is 0 Å². The molecular weight excluding hydrogens is 763 g/mol. The van der Waals surface area contributed by atoms with Gasteiger partial charge < -0.3 is 4.90 Å². The van der Waals surface area contributed by atoms with Crippen LogP contribution in [0.25, 0.3) is 44.5 Å². The molecule has 10 aromatic carbocycles. The van der Waals surface area contributed by atoms with Gasteiger partial charge in [0.25, 0.3) is 0 Å². The van der Waals surface area contributed by atoms with Crippen LogP contribution in [0.15, 0.2) is 273 Å². The molecule has 0 aliphatic rings. The normalized spacial score (nSPS) is 11.2. The molecule has 0 radical (unpaired) electrons. The molecule has 0 aliphatic heterocycles. The lowest BCUT2D eigenvalue weighted by molar-refractivity contribution is 1.28. The smallest absolute Gasteiger partial charge is 0.179 e. The molecule has 62 heavy (non-hydrogen) atoms. The van der Waals surface area contributed by atoms with Gasteiger partial charge in [0.1, 0.15) is 0 Å². The van der Waals surface area contributed by atoms with Gasteiger partial charge in [0.15, 0.2) is 8.07 Å². The van der Waals surface area contributed by atoms with Crippen LogP contribution in [-0.4, -0.2) is 8.07 Å². The van der Waals surface area contributed by atoms with Crippen LogP contribution in [0.1, 0.15) is 0 Å². The van der Waals surface area contributed by atoms with Crippen molar-refractivity contribution in [2.45, 2.75) is 0 Å². The van der Waals surface area contributed by atoms with Crippen LogP contribution in [0.3, 0.4) is 0 Å². The van der Waals surface area contributed by atoms with Gasteiger partial charge in [-0.2, -0.15) is 0 Å². The van der Waals surface area contributed by atoms with Crippen LogP contribution in [0, 0.1) is 0 Å². The van der Waals surface area contributed by atoms with E-state index < -0.39 is 8.07 Å². The molecule has 0 fully saturated rings. The van der Waals surface area contributed by atoms with Crippen molar-refractivity contribution in [3.63, 3.8) is 0 Å². The lowest BCUT2D eigenvalue weighted by Crippen LogP contribution is -2.74. The number of rotatable bonds is 11. The molecule has 0 saturated heterocycles. The third-order valence-corrected chi connectivity index (χ3v) is 16.9. The van der Waals surface area contributed by atoms with Crippen LogP contribution < -0.4 is 25.6 Å². The minimum atomic E-state index is -2.60. The third kappa shape index (κ3) is 7.38. The van der Waals surface area contributed by atoms with E-state index in [1.807, 2.05) is 0 Å². The molecule has 0 saturated carbocycles. The standard InChI is InChI=1S/C60H45NSi/c1-7-20-48(21-8-1)58-32-19-33-59(49-22-9-2-10-23-49)60(58)50-36-42-53(43-37-50)61(51-24-11-3-12-25-51)52-40-34-46(35-41-52)47-38-44-57(45-39-47)62(54-26-13-4-14-27-54,55-28-15-5-16-29-55)56-30-17-6-18-31-56/h1-45H. The summed E-state index contributed by atoms with van der Waals surface area (Å²) in [6.07, 6.45) is 0. The summed E-state index contributed by atoms with van der Waals surface area (Å²) >= 11 is 0. The number of nitrogens with zero attached hydrogens (tertiary/aromatic N) is 1. The molecule has 0 N–H and O–H groups in total. The highest BCUT2D eigenvalue weighted by molar-refractivity contribution is 7.19. The summed E-state index contributed by atoms with van der Waals surface area (Å²) in [5.41, 5.74) is 12.9. The van der Waals surface area contributed by atoms with Gasteiger partial charge in [0.05, 0.1) is 0 Å². The minimum Gasteiger partial charge on any atom is -0.311 e. The predicted molar refractivity (Wildman–Crippen MR) is 266 cm³/mol. The Morgan fingerprint density at radius 3 is 0.919 bits per heavy atom. The number of hydrogen-bond acceptors (Lipinski definition) is 1. The highest BCUT2D eigenvalue weighted by Crippen LogP contribution is 2.42. The van der Waals surface area contributed by atoms with E-state index in [9.17, 15) is 0 Å². The quantitative estimate of drug-likeness (QED) is 0.0929. The maximum absolute atomic E-state index is 2.60. The Morgan fingerprint density at radius 2 is 0.516 bits per heavy atom. The Hall–Kier alpha value is -7.78. The average molecular weight is 808 g/mol. The zero-order valence-electron chi connectivity index (χ0n) is 34.4. The van der Waals surface area contributed by atoms with Crippen molar-refractivity contribution in [2.75, 3.05) is 4.90 Å². The van der Waals surface area contributed by atoms with E-state index in [4.69, 9.17) is 0 Å². The van der Waals surface area contributed by atoms with Gasteiger partial charge >= 0.3 is 0 Å². The summed E-state index contributed by atoms with van der Waals surface area (Å²) in [7, 11) is -2.60. The van der Waals surface area contributed by atoms with Crippen LogP contribution in [0.5, 0.6) is 0 Å². The Kier molecular flexibility index (Phi) is 10.8. The molecule has 0 spiro atoms. The van der Waals surface area contributed by atoms with Crippen LogP contribution in [0.4, 0.5) is 17.1 Å². The highest BCUT2D eigenvalue weighted by atomic mass is 28.3. The van der Waals surface area contributed by atoms with Crippen molar-refractivity contribution >= 4 is 45.9 Å². The van der Waals surface area contributed by atoms with Crippen LogP contribution in [-0.2, 0) is 0 Å². The maximum atomic E-state index is 2.37. The molecule has 0 aromatic heterocycles. The number of benzene rings is 10. The summed E-state index contributed by atoms with van der Waals surface area (Å²) in [5, 5.41) is 5.49. The number of anilines is 3. The Labute approximate surface area is 366 Å². The lowest BCUT2D eigenvalue weighted by atomic mass is 9.87. The second-order valence-corrected chi connectivity index (χ2v) is 19.5. The van der Waals surface area contributed by atoms with Gasteiger partial charge in [0, 0.05) is 17.1 Å². The third-order valence-electron chi connectivity index (χ3n) is 12.1. The molecule has 10 aromatic rings. The first-order chi connectivity index (χ1) is 30.8. The molecule has 2 heteroatoms. The van der Waals surface area contributed by atoms with Crippen molar-refractivity contribution in [2.24, 2.45) is 0 Å². The van der Waals surface area contributed by atoms with Gasteiger partial charge in [-0.05, 0) is 102 Å². The van der Waals surface area contributed by atoms with E-state index in [1.165, 1.54) is 65.3 Å². The Balaban J connectivity index is 1.01. The molecule has 10 rings (SSSR count). The molecule has 0 bridgehead atoms. The van der Waals surface area contributed by atoms with Crippen molar-refractivity contribution in [1.29, 1.82) is 0 Å². The summed E-state index contributed by atoms with van der Waals surface area (Å²) in [6, 6.07) is 99.5. The second kappa shape index (κ2) is 17.4. The molecule has 0 unspecified atom stereocenters. The zero-order valence-corrected chi connectivity index (χ0v) is 35.4. The second-order valence-electron chi connectivity index (χ2n) is 15.7. The monoisotopic (exact) mass is 807 g/mol. The number of para-hydroxylation sites is 1. The summed E-state index contributed by atoms with van der Waals surface area (Å²) in [4.78, 5) is 2.34.